The van der Waals surface area contributed by atoms with Crippen LogP contribution in [0.2, 0.25) is 0 Å². The first kappa shape index (κ1) is 14.8. The number of nitrogens with zero attached hydrogens (tertiary/aromatic N) is 7. The normalized spacial score (nSPS) is 18.2. The third kappa shape index (κ3) is 3.00. The first-order valence-corrected chi connectivity index (χ1v) is 7.99. The first-order chi connectivity index (χ1) is 11.7. The van der Waals surface area contributed by atoms with E-state index in [-0.39, 0.29) is 0 Å². The summed E-state index contributed by atoms with van der Waals surface area (Å²) in [5, 5.41) is 11.8. The zero-order valence-corrected chi connectivity index (χ0v) is 13.8. The molecule has 0 amide bonds. The standard InChI is InChI=1S/C16H20N8/c1-22-6-4-14(11-22)24-9-12(7-19-24)15-3-5-17-16(21-15)20-13-8-18-23(2)10-13/h3,5,7-10,14H,4,6,11H2,1-2H3,(H,17,20,21). The van der Waals surface area contributed by atoms with E-state index in [2.05, 4.69) is 48.3 Å². The van der Waals surface area contributed by atoms with Crippen LogP contribution < -0.4 is 5.32 Å². The van der Waals surface area contributed by atoms with Crippen molar-refractivity contribution in [3.8, 4) is 11.3 Å². The van der Waals surface area contributed by atoms with Crippen LogP contribution in [0.3, 0.4) is 0 Å². The van der Waals surface area contributed by atoms with Gasteiger partial charge in [-0.15, -0.1) is 0 Å². The molecule has 8 heteroatoms. The first-order valence-electron chi connectivity index (χ1n) is 7.99. The van der Waals surface area contributed by atoms with Crippen molar-refractivity contribution in [2.75, 3.05) is 25.5 Å². The van der Waals surface area contributed by atoms with E-state index in [0.29, 0.717) is 12.0 Å². The maximum Gasteiger partial charge on any atom is 0.227 e. The fourth-order valence-corrected chi connectivity index (χ4v) is 2.99. The van der Waals surface area contributed by atoms with E-state index in [9.17, 15) is 0 Å². The zero-order chi connectivity index (χ0) is 16.5. The number of likely N-dealkylation sites (tertiary alicyclic amines) is 1. The molecular weight excluding hydrogens is 304 g/mol. The summed E-state index contributed by atoms with van der Waals surface area (Å²) in [5.74, 6) is 0.550. The minimum absolute atomic E-state index is 0.443. The molecule has 8 nitrogen and oxygen atoms in total. The SMILES string of the molecule is CN1CCC(n2cc(-c3ccnc(Nc4cnn(C)c4)n3)cn2)C1. The zero-order valence-electron chi connectivity index (χ0n) is 13.8. The molecule has 3 aromatic heterocycles. The second-order valence-corrected chi connectivity index (χ2v) is 6.21. The Hall–Kier alpha value is -2.74. The van der Waals surface area contributed by atoms with Gasteiger partial charge >= 0.3 is 0 Å². The number of likely N-dealkylation sites (N-methyl/N-ethyl adjacent to an activating group) is 1. The van der Waals surface area contributed by atoms with Gasteiger partial charge in [0.25, 0.3) is 0 Å². The molecule has 24 heavy (non-hydrogen) atoms. The number of anilines is 2. The summed E-state index contributed by atoms with van der Waals surface area (Å²) in [4.78, 5) is 11.2. The van der Waals surface area contributed by atoms with Gasteiger partial charge in [-0.1, -0.05) is 0 Å². The van der Waals surface area contributed by atoms with Gasteiger partial charge in [0.15, 0.2) is 0 Å². The number of rotatable bonds is 4. The molecule has 4 rings (SSSR count). The number of nitrogens with one attached hydrogen (secondary N) is 1. The Balaban J connectivity index is 1.54. The van der Waals surface area contributed by atoms with Crippen LogP contribution >= 0.6 is 0 Å². The molecule has 1 saturated heterocycles. The quantitative estimate of drug-likeness (QED) is 0.787. The van der Waals surface area contributed by atoms with Crippen molar-refractivity contribution >= 4 is 11.6 Å². The van der Waals surface area contributed by atoms with Crippen LogP contribution in [0.5, 0.6) is 0 Å². The van der Waals surface area contributed by atoms with E-state index in [4.69, 9.17) is 0 Å². The predicted octanol–water partition coefficient (Wildman–Crippen LogP) is 1.69. The summed E-state index contributed by atoms with van der Waals surface area (Å²) in [6.07, 6.45) is 10.4. The molecule has 1 atom stereocenters. The van der Waals surface area contributed by atoms with Gasteiger partial charge in [-0.3, -0.25) is 9.36 Å². The van der Waals surface area contributed by atoms with Crippen LogP contribution in [0, 0.1) is 0 Å². The molecule has 0 aliphatic carbocycles. The lowest BCUT2D eigenvalue weighted by atomic mass is 10.2. The smallest absolute Gasteiger partial charge is 0.227 e. The van der Waals surface area contributed by atoms with Crippen LogP contribution in [-0.4, -0.2) is 54.6 Å². The van der Waals surface area contributed by atoms with Gasteiger partial charge in [-0.2, -0.15) is 10.2 Å². The Morgan fingerprint density at radius 1 is 1.17 bits per heavy atom. The van der Waals surface area contributed by atoms with Gasteiger partial charge in [-0.25, -0.2) is 9.97 Å². The number of aromatic nitrogens is 6. The van der Waals surface area contributed by atoms with Gasteiger partial charge < -0.3 is 10.2 Å². The van der Waals surface area contributed by atoms with E-state index in [1.165, 1.54) is 0 Å². The van der Waals surface area contributed by atoms with Crippen molar-refractivity contribution in [3.05, 3.63) is 37.1 Å². The Morgan fingerprint density at radius 3 is 2.83 bits per heavy atom. The summed E-state index contributed by atoms with van der Waals surface area (Å²) in [5.41, 5.74) is 2.72. The topological polar surface area (TPSA) is 76.7 Å². The van der Waals surface area contributed by atoms with Gasteiger partial charge in [-0.05, 0) is 26.1 Å². The van der Waals surface area contributed by atoms with E-state index < -0.39 is 0 Å². The molecule has 0 spiro atoms. The maximum absolute atomic E-state index is 4.58. The summed E-state index contributed by atoms with van der Waals surface area (Å²) in [6.45, 7) is 2.16. The molecule has 0 saturated carbocycles. The second kappa shape index (κ2) is 6.04. The van der Waals surface area contributed by atoms with E-state index in [1.807, 2.05) is 25.5 Å². The Kier molecular flexibility index (Phi) is 3.73. The number of hydrogen-bond donors (Lipinski definition) is 1. The molecule has 124 valence electrons. The third-order valence-corrected chi connectivity index (χ3v) is 4.25. The molecule has 1 unspecified atom stereocenters. The van der Waals surface area contributed by atoms with Crippen LogP contribution in [0.25, 0.3) is 11.3 Å². The van der Waals surface area contributed by atoms with Crippen LogP contribution in [-0.2, 0) is 7.05 Å². The maximum atomic E-state index is 4.58. The number of aryl methyl sites for hydroxylation is 1. The highest BCUT2D eigenvalue weighted by atomic mass is 15.3. The largest absolute Gasteiger partial charge is 0.321 e. The summed E-state index contributed by atoms with van der Waals surface area (Å²) in [6, 6.07) is 2.34. The Morgan fingerprint density at radius 2 is 2.08 bits per heavy atom. The Bertz CT molecular complexity index is 836. The highest BCUT2D eigenvalue weighted by Gasteiger charge is 2.21. The fourth-order valence-electron chi connectivity index (χ4n) is 2.99. The fraction of sp³-hybridized carbons (Fsp3) is 0.375. The molecule has 0 radical (unpaired) electrons. The summed E-state index contributed by atoms with van der Waals surface area (Å²) < 4.78 is 3.78. The molecule has 3 aromatic rings. The van der Waals surface area contributed by atoms with Gasteiger partial charge in [0.2, 0.25) is 5.95 Å². The van der Waals surface area contributed by atoms with Gasteiger partial charge in [0.1, 0.15) is 0 Å². The average molecular weight is 324 g/mol. The lowest BCUT2D eigenvalue weighted by molar-refractivity contribution is 0.382. The van der Waals surface area contributed by atoms with Crippen molar-refractivity contribution in [3.63, 3.8) is 0 Å². The van der Waals surface area contributed by atoms with Gasteiger partial charge in [0, 0.05) is 37.7 Å². The molecule has 1 aliphatic heterocycles. The monoisotopic (exact) mass is 324 g/mol. The summed E-state index contributed by atoms with van der Waals surface area (Å²) >= 11 is 0. The van der Waals surface area contributed by atoms with E-state index in [0.717, 1.165) is 36.5 Å². The molecule has 1 fully saturated rings. The number of hydrogen-bond acceptors (Lipinski definition) is 6. The van der Waals surface area contributed by atoms with E-state index in [1.54, 1.807) is 17.1 Å². The predicted molar refractivity (Wildman–Crippen MR) is 90.9 cm³/mol. The second-order valence-electron chi connectivity index (χ2n) is 6.21. The molecule has 1 N–H and O–H groups in total. The van der Waals surface area contributed by atoms with E-state index >= 15 is 0 Å². The molecule has 1 aliphatic rings. The highest BCUT2D eigenvalue weighted by Crippen LogP contribution is 2.23. The van der Waals surface area contributed by atoms with Crippen molar-refractivity contribution < 1.29 is 0 Å². The summed E-state index contributed by atoms with van der Waals surface area (Å²) in [7, 11) is 4.02. The molecule has 0 aromatic carbocycles. The molecule has 0 bridgehead atoms. The van der Waals surface area contributed by atoms with Crippen LogP contribution in [0.4, 0.5) is 11.6 Å². The van der Waals surface area contributed by atoms with Crippen molar-refractivity contribution in [2.24, 2.45) is 7.05 Å². The molecular formula is C16H20N8. The lowest BCUT2D eigenvalue weighted by Crippen LogP contribution is -2.16. The minimum Gasteiger partial charge on any atom is -0.321 e. The van der Waals surface area contributed by atoms with Crippen LogP contribution in [0.1, 0.15) is 12.5 Å². The Labute approximate surface area is 140 Å². The minimum atomic E-state index is 0.443. The van der Waals surface area contributed by atoms with Crippen molar-refractivity contribution in [1.29, 1.82) is 0 Å². The third-order valence-electron chi connectivity index (χ3n) is 4.25. The van der Waals surface area contributed by atoms with Crippen molar-refractivity contribution in [2.45, 2.75) is 12.5 Å². The lowest BCUT2D eigenvalue weighted by Gasteiger charge is -2.10. The average Bonchev–Trinajstić information content (AvgIpc) is 3.29. The van der Waals surface area contributed by atoms with Crippen molar-refractivity contribution in [1.82, 2.24) is 34.4 Å². The highest BCUT2D eigenvalue weighted by molar-refractivity contribution is 5.60. The molecule has 4 heterocycles. The van der Waals surface area contributed by atoms with Gasteiger partial charge in [0.05, 0.1) is 29.8 Å². The van der Waals surface area contributed by atoms with Crippen LogP contribution in [0.15, 0.2) is 37.1 Å².